The average Bonchev–Trinajstić information content (AvgIpc) is 3.39. The van der Waals surface area contributed by atoms with Crippen molar-refractivity contribution in [1.82, 2.24) is 30.5 Å². The predicted molar refractivity (Wildman–Crippen MR) is 133 cm³/mol. The van der Waals surface area contributed by atoms with Gasteiger partial charge in [-0.25, -0.2) is 0 Å². The van der Waals surface area contributed by atoms with Gasteiger partial charge < -0.3 is 5.32 Å². The van der Waals surface area contributed by atoms with Crippen LogP contribution in [-0.2, 0) is 22.4 Å². The number of Topliss-reactive ketones (excluding diaryl/α,β-unsaturated/α-hetero) is 1. The molecule has 0 spiro atoms. The van der Waals surface area contributed by atoms with Crippen molar-refractivity contribution in [3.05, 3.63) is 107 Å². The van der Waals surface area contributed by atoms with Crippen molar-refractivity contribution in [2.45, 2.75) is 25.8 Å². The highest BCUT2D eigenvalue weighted by atomic mass is 35.5. The van der Waals surface area contributed by atoms with Gasteiger partial charge in [-0.2, -0.15) is 4.68 Å². The number of pyridine rings is 1. The molecule has 9 heteroatoms. The zero-order valence-electron chi connectivity index (χ0n) is 19.0. The molecule has 2 aromatic carbocycles. The number of nitrogens with zero attached hydrogens (tertiary/aromatic N) is 5. The number of benzene rings is 2. The summed E-state index contributed by atoms with van der Waals surface area (Å²) >= 11 is 6.15. The Balaban J connectivity index is 1.52. The second-order valence-corrected chi connectivity index (χ2v) is 8.45. The van der Waals surface area contributed by atoms with Gasteiger partial charge in [0, 0.05) is 28.6 Å². The van der Waals surface area contributed by atoms with Crippen LogP contribution in [0.2, 0.25) is 5.02 Å². The number of hydrogen-bond acceptors (Lipinski definition) is 6. The van der Waals surface area contributed by atoms with Crippen molar-refractivity contribution < 1.29 is 9.59 Å². The Morgan fingerprint density at radius 2 is 1.94 bits per heavy atom. The largest absolute Gasteiger partial charge is 0.342 e. The molecule has 0 aliphatic rings. The summed E-state index contributed by atoms with van der Waals surface area (Å²) in [6.07, 6.45) is 6.66. The number of aromatic nitrogens is 5. The summed E-state index contributed by atoms with van der Waals surface area (Å²) in [4.78, 5) is 30.3. The first-order valence-electron chi connectivity index (χ1n) is 11.0. The number of hydrogen-bond donors (Lipinski definition) is 1. The number of halogens is 1. The predicted octanol–water partition coefficient (Wildman–Crippen LogP) is 3.57. The normalized spacial score (nSPS) is 11.9. The van der Waals surface area contributed by atoms with E-state index in [0.29, 0.717) is 28.4 Å². The number of aryl methyl sites for hydroxylation is 1. The molecule has 0 fully saturated rings. The number of tetrazole rings is 1. The van der Waals surface area contributed by atoms with E-state index in [4.69, 9.17) is 11.6 Å². The van der Waals surface area contributed by atoms with E-state index in [-0.39, 0.29) is 12.2 Å². The SMILES string of the molecule is Cc1ccc(CC(=O)C(Cc2ccccc2)NC(=O)C=Cc2cc(Cl)ccc2-n2cnnn2)nc1. The van der Waals surface area contributed by atoms with Crippen LogP contribution in [0.25, 0.3) is 11.8 Å². The summed E-state index contributed by atoms with van der Waals surface area (Å²) < 4.78 is 1.48. The van der Waals surface area contributed by atoms with Crippen molar-refractivity contribution >= 4 is 29.4 Å². The highest BCUT2D eigenvalue weighted by Gasteiger charge is 2.21. The lowest BCUT2D eigenvalue weighted by atomic mass is 9.99. The van der Waals surface area contributed by atoms with Crippen LogP contribution in [0.15, 0.2) is 79.3 Å². The fraction of sp³-hybridized carbons (Fsp3) is 0.154. The van der Waals surface area contributed by atoms with Gasteiger partial charge in [-0.3, -0.25) is 14.6 Å². The Morgan fingerprint density at radius 1 is 1.11 bits per heavy atom. The molecule has 0 aliphatic heterocycles. The minimum atomic E-state index is -0.712. The molecule has 4 aromatic rings. The molecule has 35 heavy (non-hydrogen) atoms. The van der Waals surface area contributed by atoms with Gasteiger partial charge in [-0.15, -0.1) is 5.10 Å². The summed E-state index contributed by atoms with van der Waals surface area (Å²) in [6.45, 7) is 1.94. The van der Waals surface area contributed by atoms with E-state index in [1.807, 2.05) is 49.4 Å². The molecule has 1 unspecified atom stereocenters. The summed E-state index contributed by atoms with van der Waals surface area (Å²) in [5.74, 6) is -0.525. The van der Waals surface area contributed by atoms with Crippen molar-refractivity contribution in [3.63, 3.8) is 0 Å². The first-order valence-corrected chi connectivity index (χ1v) is 11.4. The summed E-state index contributed by atoms with van der Waals surface area (Å²) in [5.41, 5.74) is 3.93. The number of nitrogens with one attached hydrogen (secondary N) is 1. The van der Waals surface area contributed by atoms with E-state index in [1.165, 1.54) is 17.1 Å². The molecule has 1 amide bonds. The molecule has 0 saturated carbocycles. The van der Waals surface area contributed by atoms with Crippen LogP contribution in [0.5, 0.6) is 0 Å². The maximum Gasteiger partial charge on any atom is 0.244 e. The van der Waals surface area contributed by atoms with Crippen LogP contribution >= 0.6 is 11.6 Å². The minimum Gasteiger partial charge on any atom is -0.342 e. The molecule has 2 aromatic heterocycles. The summed E-state index contributed by atoms with van der Waals surface area (Å²) in [6, 6.07) is 17.8. The van der Waals surface area contributed by atoms with Crippen LogP contribution in [0, 0.1) is 6.92 Å². The van der Waals surface area contributed by atoms with Gasteiger partial charge in [0.1, 0.15) is 6.33 Å². The van der Waals surface area contributed by atoms with Crippen molar-refractivity contribution in [1.29, 1.82) is 0 Å². The highest BCUT2D eigenvalue weighted by molar-refractivity contribution is 6.30. The fourth-order valence-electron chi connectivity index (χ4n) is 3.52. The monoisotopic (exact) mass is 486 g/mol. The topological polar surface area (TPSA) is 103 Å². The van der Waals surface area contributed by atoms with E-state index >= 15 is 0 Å². The Morgan fingerprint density at radius 3 is 2.66 bits per heavy atom. The quantitative estimate of drug-likeness (QED) is 0.363. The van der Waals surface area contributed by atoms with Crippen LogP contribution in [0.1, 0.15) is 22.4 Å². The molecule has 0 aliphatic carbocycles. The lowest BCUT2D eigenvalue weighted by Gasteiger charge is -2.17. The molecule has 0 saturated heterocycles. The van der Waals surface area contributed by atoms with Gasteiger partial charge in [0.2, 0.25) is 5.91 Å². The molecule has 8 nitrogen and oxygen atoms in total. The maximum absolute atomic E-state index is 13.1. The third kappa shape index (κ3) is 6.68. The second-order valence-electron chi connectivity index (χ2n) is 8.01. The van der Waals surface area contributed by atoms with Crippen molar-refractivity contribution in [2.24, 2.45) is 0 Å². The molecule has 4 rings (SSSR count). The third-order valence-corrected chi connectivity index (χ3v) is 5.55. The van der Waals surface area contributed by atoms with Gasteiger partial charge >= 0.3 is 0 Å². The van der Waals surface area contributed by atoms with Crippen LogP contribution in [0.3, 0.4) is 0 Å². The summed E-state index contributed by atoms with van der Waals surface area (Å²) in [5, 5.41) is 14.5. The molecule has 2 heterocycles. The lowest BCUT2D eigenvalue weighted by Crippen LogP contribution is -2.42. The van der Waals surface area contributed by atoms with Crippen LogP contribution in [0.4, 0.5) is 0 Å². The number of rotatable bonds is 9. The van der Waals surface area contributed by atoms with E-state index in [1.54, 1.807) is 30.5 Å². The van der Waals surface area contributed by atoms with E-state index in [0.717, 1.165) is 11.1 Å². The van der Waals surface area contributed by atoms with E-state index in [9.17, 15) is 9.59 Å². The zero-order valence-corrected chi connectivity index (χ0v) is 19.8. The zero-order chi connectivity index (χ0) is 24.6. The molecule has 1 N–H and O–H groups in total. The summed E-state index contributed by atoms with van der Waals surface area (Å²) in [7, 11) is 0. The van der Waals surface area contributed by atoms with Crippen LogP contribution < -0.4 is 5.32 Å². The average molecular weight is 487 g/mol. The first kappa shape index (κ1) is 24.0. The Bertz CT molecular complexity index is 1320. The van der Waals surface area contributed by atoms with Gasteiger partial charge in [-0.1, -0.05) is 48.0 Å². The number of ketones is 1. The Kier molecular flexibility index (Phi) is 7.74. The smallest absolute Gasteiger partial charge is 0.244 e. The molecule has 176 valence electrons. The Hall–Kier alpha value is -4.17. The van der Waals surface area contributed by atoms with Gasteiger partial charge in [0.15, 0.2) is 5.78 Å². The fourth-order valence-corrected chi connectivity index (χ4v) is 3.70. The van der Waals surface area contributed by atoms with Gasteiger partial charge in [-0.05, 0) is 65.2 Å². The molecule has 0 bridgehead atoms. The van der Waals surface area contributed by atoms with Crippen molar-refractivity contribution in [3.8, 4) is 5.69 Å². The first-order chi connectivity index (χ1) is 17.0. The number of carbonyl (C=O) groups is 2. The second kappa shape index (κ2) is 11.3. The van der Waals surface area contributed by atoms with Gasteiger partial charge in [0.25, 0.3) is 0 Å². The van der Waals surface area contributed by atoms with E-state index < -0.39 is 11.9 Å². The maximum atomic E-state index is 13.1. The van der Waals surface area contributed by atoms with Gasteiger partial charge in [0.05, 0.1) is 18.2 Å². The van der Waals surface area contributed by atoms with E-state index in [2.05, 4.69) is 25.8 Å². The highest BCUT2D eigenvalue weighted by Crippen LogP contribution is 2.20. The molecule has 0 radical (unpaired) electrons. The third-order valence-electron chi connectivity index (χ3n) is 5.32. The molecular formula is C26H23ClN6O2. The van der Waals surface area contributed by atoms with Crippen molar-refractivity contribution in [2.75, 3.05) is 0 Å². The molecular weight excluding hydrogens is 464 g/mol. The van der Waals surface area contributed by atoms with Crippen LogP contribution in [-0.4, -0.2) is 42.9 Å². The minimum absolute atomic E-state index is 0.121. The molecule has 1 atom stereocenters. The Labute approximate surface area is 207 Å². The number of amides is 1. The lowest BCUT2D eigenvalue weighted by molar-refractivity contribution is -0.125. The standard InChI is InChI=1S/C26H23ClN6O2/c1-18-7-10-22(28-16-18)15-25(34)23(13-19-5-3-2-4-6-19)30-26(35)12-8-20-14-21(27)9-11-24(20)33-17-29-31-32-33/h2-12,14,16-17,23H,13,15H2,1H3,(H,30,35). The number of carbonyl (C=O) groups excluding carboxylic acids is 2.